The molecule has 1 saturated heterocycles. The molecule has 1 aliphatic rings. The summed E-state index contributed by atoms with van der Waals surface area (Å²) in [7, 11) is 0. The predicted molar refractivity (Wildman–Crippen MR) is 83.5 cm³/mol. The molecular formula is C15H21N5O2. The molecule has 1 fully saturated rings. The fourth-order valence-corrected chi connectivity index (χ4v) is 2.55. The highest BCUT2D eigenvalue weighted by molar-refractivity contribution is 5.73. The highest BCUT2D eigenvalue weighted by Gasteiger charge is 2.22. The molecule has 0 aromatic carbocycles. The van der Waals surface area contributed by atoms with Gasteiger partial charge in [-0.3, -0.25) is 4.57 Å². The van der Waals surface area contributed by atoms with E-state index in [1.54, 1.807) is 6.20 Å². The van der Waals surface area contributed by atoms with Crippen LogP contribution in [0.15, 0.2) is 24.2 Å². The lowest BCUT2D eigenvalue weighted by molar-refractivity contribution is -0.0285. The van der Waals surface area contributed by atoms with Gasteiger partial charge in [-0.15, -0.1) is 0 Å². The third-order valence-electron chi connectivity index (χ3n) is 3.76. The maximum absolute atomic E-state index is 9.05. The Morgan fingerprint density at radius 3 is 3.23 bits per heavy atom. The first kappa shape index (κ1) is 14.9. The van der Waals surface area contributed by atoms with E-state index in [0.29, 0.717) is 6.54 Å². The summed E-state index contributed by atoms with van der Waals surface area (Å²) in [5.74, 6) is 0.726. The Hall–Kier alpha value is -1.99. The summed E-state index contributed by atoms with van der Waals surface area (Å²) < 4.78 is 7.90. The number of imidazole rings is 1. The molecule has 0 saturated carbocycles. The molecule has 1 unspecified atom stereocenters. The number of nitrogens with one attached hydrogen (secondary N) is 1. The van der Waals surface area contributed by atoms with E-state index >= 15 is 0 Å². The van der Waals surface area contributed by atoms with E-state index in [2.05, 4.69) is 20.3 Å². The number of hydrogen-bond acceptors (Lipinski definition) is 6. The molecule has 0 spiro atoms. The first-order chi connectivity index (χ1) is 10.8. The van der Waals surface area contributed by atoms with E-state index < -0.39 is 0 Å². The zero-order valence-corrected chi connectivity index (χ0v) is 12.7. The minimum Gasteiger partial charge on any atom is -0.392 e. The number of ether oxygens (including phenoxy) is 1. The number of aromatic nitrogens is 4. The van der Waals surface area contributed by atoms with Gasteiger partial charge in [-0.25, -0.2) is 15.0 Å². The number of nitrogens with zero attached hydrogens (tertiary/aromatic N) is 4. The van der Waals surface area contributed by atoms with Crippen LogP contribution in [0, 0.1) is 0 Å². The summed E-state index contributed by atoms with van der Waals surface area (Å²) in [4.78, 5) is 12.9. The van der Waals surface area contributed by atoms with E-state index in [9.17, 15) is 0 Å². The van der Waals surface area contributed by atoms with Gasteiger partial charge in [0, 0.05) is 13.2 Å². The molecule has 7 heteroatoms. The Bertz CT molecular complexity index is 661. The Morgan fingerprint density at radius 1 is 1.55 bits per heavy atom. The van der Waals surface area contributed by atoms with Gasteiger partial charge in [0.15, 0.2) is 5.65 Å². The second-order valence-electron chi connectivity index (χ2n) is 5.45. The highest BCUT2D eigenvalue weighted by atomic mass is 16.5. The topological polar surface area (TPSA) is 85.1 Å². The van der Waals surface area contributed by atoms with Gasteiger partial charge in [-0.1, -0.05) is 11.6 Å². The van der Waals surface area contributed by atoms with Crippen molar-refractivity contribution < 1.29 is 9.84 Å². The van der Waals surface area contributed by atoms with Crippen LogP contribution in [0.2, 0.25) is 0 Å². The van der Waals surface area contributed by atoms with Crippen molar-refractivity contribution in [3.63, 3.8) is 0 Å². The van der Waals surface area contributed by atoms with Crippen LogP contribution in [0.5, 0.6) is 0 Å². The summed E-state index contributed by atoms with van der Waals surface area (Å²) in [5.41, 5.74) is 2.46. The van der Waals surface area contributed by atoms with Gasteiger partial charge in [0.2, 0.25) is 5.95 Å². The number of rotatable bonds is 5. The second kappa shape index (κ2) is 6.85. The van der Waals surface area contributed by atoms with Gasteiger partial charge in [0.1, 0.15) is 18.1 Å². The van der Waals surface area contributed by atoms with Gasteiger partial charge in [0.25, 0.3) is 0 Å². The van der Waals surface area contributed by atoms with E-state index in [1.165, 1.54) is 6.33 Å². The molecule has 2 N–H and O–H groups in total. The molecular weight excluding hydrogens is 282 g/mol. The Morgan fingerprint density at radius 2 is 2.45 bits per heavy atom. The summed E-state index contributed by atoms with van der Waals surface area (Å²) in [6.45, 7) is 3.31. The summed E-state index contributed by atoms with van der Waals surface area (Å²) in [6, 6.07) is 0. The maximum atomic E-state index is 9.05. The van der Waals surface area contributed by atoms with Crippen LogP contribution in [-0.4, -0.2) is 44.4 Å². The number of aliphatic hydroxyl groups excluding tert-OH is 1. The van der Waals surface area contributed by atoms with Crippen LogP contribution in [-0.2, 0) is 4.74 Å². The van der Waals surface area contributed by atoms with Crippen molar-refractivity contribution in [2.24, 2.45) is 0 Å². The SMILES string of the molecule is CC(=CCNc1nc2cncnc2n1C1CCCCO1)CO. The molecule has 118 valence electrons. The van der Waals surface area contributed by atoms with Crippen molar-refractivity contribution in [3.05, 3.63) is 24.2 Å². The lowest BCUT2D eigenvalue weighted by Gasteiger charge is -2.25. The maximum Gasteiger partial charge on any atom is 0.207 e. The second-order valence-corrected chi connectivity index (χ2v) is 5.45. The van der Waals surface area contributed by atoms with Crippen LogP contribution in [0.4, 0.5) is 5.95 Å². The van der Waals surface area contributed by atoms with Crippen molar-refractivity contribution in [2.45, 2.75) is 32.4 Å². The summed E-state index contributed by atoms with van der Waals surface area (Å²) in [5, 5.41) is 12.3. The predicted octanol–water partition coefficient (Wildman–Crippen LogP) is 1.88. The lowest BCUT2D eigenvalue weighted by Crippen LogP contribution is -2.20. The molecule has 22 heavy (non-hydrogen) atoms. The van der Waals surface area contributed by atoms with Crippen LogP contribution in [0.3, 0.4) is 0 Å². The average Bonchev–Trinajstić information content (AvgIpc) is 2.93. The van der Waals surface area contributed by atoms with E-state index in [-0.39, 0.29) is 12.8 Å². The number of fused-ring (bicyclic) bond motifs is 1. The molecule has 0 radical (unpaired) electrons. The molecule has 2 aromatic heterocycles. The summed E-state index contributed by atoms with van der Waals surface area (Å²) >= 11 is 0. The molecule has 0 aliphatic carbocycles. The highest BCUT2D eigenvalue weighted by Crippen LogP contribution is 2.29. The monoisotopic (exact) mass is 303 g/mol. The van der Waals surface area contributed by atoms with E-state index in [0.717, 1.165) is 48.6 Å². The van der Waals surface area contributed by atoms with E-state index in [1.807, 2.05) is 17.6 Å². The minimum absolute atomic E-state index is 0.0425. The lowest BCUT2D eigenvalue weighted by atomic mass is 10.2. The largest absolute Gasteiger partial charge is 0.392 e. The van der Waals surface area contributed by atoms with Crippen LogP contribution in [0.25, 0.3) is 11.2 Å². The number of hydrogen-bond donors (Lipinski definition) is 2. The molecule has 3 heterocycles. The van der Waals surface area contributed by atoms with Gasteiger partial charge < -0.3 is 15.2 Å². The van der Waals surface area contributed by atoms with E-state index in [4.69, 9.17) is 9.84 Å². The number of aliphatic hydroxyl groups is 1. The zero-order chi connectivity index (χ0) is 15.4. The van der Waals surface area contributed by atoms with Crippen molar-refractivity contribution in [1.29, 1.82) is 0 Å². The minimum atomic E-state index is -0.0425. The first-order valence-electron chi connectivity index (χ1n) is 7.59. The van der Waals surface area contributed by atoms with Crippen molar-refractivity contribution in [3.8, 4) is 0 Å². The molecule has 7 nitrogen and oxygen atoms in total. The fraction of sp³-hybridized carbons (Fsp3) is 0.533. The summed E-state index contributed by atoms with van der Waals surface area (Å²) in [6.07, 6.45) is 8.33. The Labute approximate surface area is 129 Å². The molecule has 3 rings (SSSR count). The third kappa shape index (κ3) is 3.10. The Balaban J connectivity index is 1.90. The van der Waals surface area contributed by atoms with Crippen molar-refractivity contribution in [2.75, 3.05) is 25.1 Å². The van der Waals surface area contributed by atoms with Crippen LogP contribution in [0.1, 0.15) is 32.4 Å². The zero-order valence-electron chi connectivity index (χ0n) is 12.7. The fourth-order valence-electron chi connectivity index (χ4n) is 2.55. The first-order valence-corrected chi connectivity index (χ1v) is 7.59. The number of anilines is 1. The van der Waals surface area contributed by atoms with Crippen LogP contribution >= 0.6 is 0 Å². The van der Waals surface area contributed by atoms with Gasteiger partial charge in [-0.2, -0.15) is 0 Å². The standard InChI is InChI=1S/C15H21N5O2/c1-11(9-21)5-6-17-15-19-12-8-16-10-18-14(12)20(15)13-4-2-3-7-22-13/h5,8,10,13,21H,2-4,6-7,9H2,1H3,(H,17,19). The molecule has 0 amide bonds. The third-order valence-corrected chi connectivity index (χ3v) is 3.76. The normalized spacial score (nSPS) is 19.5. The van der Waals surface area contributed by atoms with Crippen LogP contribution < -0.4 is 5.32 Å². The smallest absolute Gasteiger partial charge is 0.207 e. The molecule has 0 bridgehead atoms. The van der Waals surface area contributed by atoms with Crippen molar-refractivity contribution >= 4 is 17.1 Å². The van der Waals surface area contributed by atoms with Gasteiger partial charge in [-0.05, 0) is 26.2 Å². The average molecular weight is 303 g/mol. The quantitative estimate of drug-likeness (QED) is 0.820. The molecule has 1 atom stereocenters. The Kier molecular flexibility index (Phi) is 4.65. The van der Waals surface area contributed by atoms with Gasteiger partial charge >= 0.3 is 0 Å². The molecule has 2 aromatic rings. The van der Waals surface area contributed by atoms with Gasteiger partial charge in [0.05, 0.1) is 12.8 Å². The molecule has 1 aliphatic heterocycles. The van der Waals surface area contributed by atoms with Crippen molar-refractivity contribution in [1.82, 2.24) is 19.5 Å².